The second kappa shape index (κ2) is 6.08. The summed E-state index contributed by atoms with van der Waals surface area (Å²) >= 11 is 0. The molecule has 7 heteroatoms. The van der Waals surface area contributed by atoms with Gasteiger partial charge in [0.25, 0.3) is 0 Å². The Hall–Kier alpha value is -1.53. The molecule has 0 saturated heterocycles. The van der Waals surface area contributed by atoms with Gasteiger partial charge in [-0.05, 0) is 27.2 Å². The Labute approximate surface area is 110 Å². The van der Waals surface area contributed by atoms with Crippen molar-refractivity contribution in [2.75, 3.05) is 10.6 Å². The molecule has 0 aliphatic rings. The minimum atomic E-state index is -4.48. The number of nitrogens with one attached hydrogen (secondary N) is 2. The molecule has 0 amide bonds. The van der Waals surface area contributed by atoms with E-state index in [0.29, 0.717) is 0 Å². The zero-order valence-electron chi connectivity index (χ0n) is 11.5. The molecule has 0 unspecified atom stereocenters. The summed E-state index contributed by atoms with van der Waals surface area (Å²) in [5.41, 5.74) is -0.948. The molecule has 1 aromatic rings. The van der Waals surface area contributed by atoms with Gasteiger partial charge in [0, 0.05) is 18.2 Å². The van der Waals surface area contributed by atoms with Gasteiger partial charge in [0.05, 0.1) is 0 Å². The van der Waals surface area contributed by atoms with Gasteiger partial charge in [-0.2, -0.15) is 18.2 Å². The fraction of sp³-hybridized carbons (Fsp3) is 0.667. The summed E-state index contributed by atoms with van der Waals surface area (Å²) in [6, 6.07) is 0.921. The van der Waals surface area contributed by atoms with Crippen LogP contribution in [0.2, 0.25) is 0 Å². The van der Waals surface area contributed by atoms with Crippen molar-refractivity contribution < 1.29 is 13.2 Å². The van der Waals surface area contributed by atoms with Gasteiger partial charge in [-0.3, -0.25) is 0 Å². The van der Waals surface area contributed by atoms with E-state index in [1.165, 1.54) is 0 Å². The Morgan fingerprint density at radius 1 is 1.16 bits per heavy atom. The van der Waals surface area contributed by atoms with E-state index < -0.39 is 11.9 Å². The van der Waals surface area contributed by atoms with Gasteiger partial charge in [-0.25, -0.2) is 4.98 Å². The van der Waals surface area contributed by atoms with Crippen molar-refractivity contribution in [3.8, 4) is 0 Å². The largest absolute Gasteiger partial charge is 0.433 e. The normalized spacial score (nSPS) is 13.5. The first-order chi connectivity index (χ1) is 8.72. The van der Waals surface area contributed by atoms with Gasteiger partial charge in [0.1, 0.15) is 5.82 Å². The fourth-order valence-electron chi connectivity index (χ4n) is 1.35. The zero-order chi connectivity index (χ0) is 14.6. The lowest BCUT2D eigenvalue weighted by Gasteiger charge is -2.16. The zero-order valence-corrected chi connectivity index (χ0v) is 11.5. The smallest absolute Gasteiger partial charge is 0.368 e. The number of hydrogen-bond donors (Lipinski definition) is 2. The molecule has 0 aliphatic heterocycles. The lowest BCUT2D eigenvalue weighted by atomic mass is 10.3. The van der Waals surface area contributed by atoms with Crippen LogP contribution in [0.3, 0.4) is 0 Å². The van der Waals surface area contributed by atoms with E-state index in [1.807, 2.05) is 27.7 Å². The van der Waals surface area contributed by atoms with Crippen LogP contribution in [0, 0.1) is 0 Å². The Bertz CT molecular complexity index is 418. The SMILES string of the molecule is CC[C@@H](C)Nc1nc(NC(C)C)cc(C(F)(F)F)n1. The number of hydrogen-bond acceptors (Lipinski definition) is 4. The van der Waals surface area contributed by atoms with Crippen LogP contribution in [0.4, 0.5) is 24.9 Å². The summed E-state index contributed by atoms with van der Waals surface area (Å²) in [6.45, 7) is 7.45. The predicted molar refractivity (Wildman–Crippen MR) is 69.2 cm³/mol. The van der Waals surface area contributed by atoms with Gasteiger partial charge in [0.15, 0.2) is 5.69 Å². The van der Waals surface area contributed by atoms with E-state index in [4.69, 9.17) is 0 Å². The van der Waals surface area contributed by atoms with Gasteiger partial charge < -0.3 is 10.6 Å². The minimum Gasteiger partial charge on any atom is -0.368 e. The number of rotatable bonds is 5. The van der Waals surface area contributed by atoms with E-state index in [9.17, 15) is 13.2 Å². The average molecular weight is 276 g/mol. The van der Waals surface area contributed by atoms with Crippen LogP contribution in [0.15, 0.2) is 6.07 Å². The molecule has 4 nitrogen and oxygen atoms in total. The van der Waals surface area contributed by atoms with Crippen LogP contribution in [0.5, 0.6) is 0 Å². The van der Waals surface area contributed by atoms with E-state index in [2.05, 4.69) is 20.6 Å². The molecule has 19 heavy (non-hydrogen) atoms. The standard InChI is InChI=1S/C12H19F3N4/c1-5-8(4)17-11-18-9(12(13,14)15)6-10(19-11)16-7(2)3/h6-8H,5H2,1-4H3,(H2,16,17,18,19)/t8-/m1/s1. The number of anilines is 2. The van der Waals surface area contributed by atoms with Gasteiger partial charge in [0.2, 0.25) is 5.95 Å². The van der Waals surface area contributed by atoms with Crippen molar-refractivity contribution in [2.24, 2.45) is 0 Å². The molecule has 108 valence electrons. The maximum atomic E-state index is 12.8. The molecular formula is C12H19F3N4. The first-order valence-electron chi connectivity index (χ1n) is 6.21. The summed E-state index contributed by atoms with van der Waals surface area (Å²) in [7, 11) is 0. The summed E-state index contributed by atoms with van der Waals surface area (Å²) in [5.74, 6) is 0.162. The van der Waals surface area contributed by atoms with Crippen LogP contribution in [-0.2, 0) is 6.18 Å². The summed E-state index contributed by atoms with van der Waals surface area (Å²) in [4.78, 5) is 7.55. The molecule has 0 spiro atoms. The lowest BCUT2D eigenvalue weighted by Crippen LogP contribution is -2.20. The summed E-state index contributed by atoms with van der Waals surface area (Å²) < 4.78 is 38.3. The Balaban J connectivity index is 3.09. The first kappa shape index (κ1) is 15.5. The number of halogens is 3. The third-order valence-electron chi connectivity index (χ3n) is 2.44. The van der Waals surface area contributed by atoms with Crippen LogP contribution in [0.1, 0.15) is 39.8 Å². The van der Waals surface area contributed by atoms with Crippen molar-refractivity contribution in [3.05, 3.63) is 11.8 Å². The van der Waals surface area contributed by atoms with Crippen molar-refractivity contribution in [1.29, 1.82) is 0 Å². The van der Waals surface area contributed by atoms with Crippen LogP contribution in [-0.4, -0.2) is 22.1 Å². The molecule has 1 atom stereocenters. The van der Waals surface area contributed by atoms with E-state index in [0.717, 1.165) is 12.5 Å². The van der Waals surface area contributed by atoms with E-state index in [1.54, 1.807) is 0 Å². The Kier molecular flexibility index (Phi) is 4.97. The second-order valence-corrected chi connectivity index (χ2v) is 4.71. The molecule has 0 radical (unpaired) electrons. The molecule has 2 N–H and O–H groups in total. The Morgan fingerprint density at radius 2 is 1.79 bits per heavy atom. The highest BCUT2D eigenvalue weighted by molar-refractivity contribution is 5.43. The molecule has 1 aromatic heterocycles. The van der Waals surface area contributed by atoms with Crippen LogP contribution < -0.4 is 10.6 Å². The van der Waals surface area contributed by atoms with Gasteiger partial charge in [-0.1, -0.05) is 6.92 Å². The predicted octanol–water partition coefficient (Wildman–Crippen LogP) is 3.53. The quantitative estimate of drug-likeness (QED) is 0.863. The molecular weight excluding hydrogens is 257 g/mol. The van der Waals surface area contributed by atoms with Gasteiger partial charge in [-0.15, -0.1) is 0 Å². The molecule has 0 aromatic carbocycles. The number of nitrogens with zero attached hydrogens (tertiary/aromatic N) is 2. The molecule has 0 fully saturated rings. The highest BCUT2D eigenvalue weighted by Gasteiger charge is 2.33. The maximum absolute atomic E-state index is 12.8. The number of alkyl halides is 3. The van der Waals surface area contributed by atoms with Crippen molar-refractivity contribution in [1.82, 2.24) is 9.97 Å². The molecule has 0 bridgehead atoms. The van der Waals surface area contributed by atoms with Crippen molar-refractivity contribution in [2.45, 2.75) is 52.4 Å². The van der Waals surface area contributed by atoms with Gasteiger partial charge >= 0.3 is 6.18 Å². The van der Waals surface area contributed by atoms with Crippen LogP contribution in [0.25, 0.3) is 0 Å². The van der Waals surface area contributed by atoms with E-state index in [-0.39, 0.29) is 23.8 Å². The molecule has 1 heterocycles. The topological polar surface area (TPSA) is 49.8 Å². The first-order valence-corrected chi connectivity index (χ1v) is 6.21. The monoisotopic (exact) mass is 276 g/mol. The maximum Gasteiger partial charge on any atom is 0.433 e. The van der Waals surface area contributed by atoms with Crippen molar-refractivity contribution in [3.63, 3.8) is 0 Å². The minimum absolute atomic E-state index is 0.00701. The molecule has 1 rings (SSSR count). The highest BCUT2D eigenvalue weighted by atomic mass is 19.4. The molecule has 0 aliphatic carbocycles. The second-order valence-electron chi connectivity index (χ2n) is 4.71. The van der Waals surface area contributed by atoms with Crippen LogP contribution >= 0.6 is 0 Å². The average Bonchev–Trinajstić information content (AvgIpc) is 2.26. The summed E-state index contributed by atoms with van der Waals surface area (Å²) in [5, 5.41) is 5.71. The highest BCUT2D eigenvalue weighted by Crippen LogP contribution is 2.29. The molecule has 0 saturated carbocycles. The summed E-state index contributed by atoms with van der Waals surface area (Å²) in [6.07, 6.45) is -3.71. The Morgan fingerprint density at radius 3 is 2.26 bits per heavy atom. The van der Waals surface area contributed by atoms with Crippen molar-refractivity contribution >= 4 is 11.8 Å². The number of aromatic nitrogens is 2. The third kappa shape index (κ3) is 4.92. The van der Waals surface area contributed by atoms with E-state index >= 15 is 0 Å². The third-order valence-corrected chi connectivity index (χ3v) is 2.44. The fourth-order valence-corrected chi connectivity index (χ4v) is 1.35. The lowest BCUT2D eigenvalue weighted by molar-refractivity contribution is -0.141.